The van der Waals surface area contributed by atoms with Gasteiger partial charge in [-0.15, -0.1) is 0 Å². The molecule has 0 spiro atoms. The number of aliphatic carboxylic acids is 1. The third-order valence-corrected chi connectivity index (χ3v) is 2.74. The molecule has 0 atom stereocenters. The van der Waals surface area contributed by atoms with Gasteiger partial charge in [0.05, 0.1) is 0 Å². The average Bonchev–Trinajstić information content (AvgIpc) is 2.20. The molecule has 0 saturated heterocycles. The van der Waals surface area contributed by atoms with Crippen LogP contribution in [0.3, 0.4) is 0 Å². The zero-order chi connectivity index (χ0) is 11.4. The van der Waals surface area contributed by atoms with E-state index in [2.05, 4.69) is 6.92 Å². The first-order valence-corrected chi connectivity index (χ1v) is 6.49. The quantitative estimate of drug-likeness (QED) is 0.458. The summed E-state index contributed by atoms with van der Waals surface area (Å²) in [6.07, 6.45) is 12.9. The molecule has 3 heteroatoms. The van der Waals surface area contributed by atoms with Crippen LogP contribution in [0, 0.1) is 0 Å². The van der Waals surface area contributed by atoms with Gasteiger partial charge in [0.15, 0.2) is 0 Å². The van der Waals surface area contributed by atoms with E-state index in [4.69, 9.17) is 5.11 Å². The number of hydrogen-bond donors (Lipinski definition) is 1. The molecule has 0 aromatic rings. The molecule has 0 aliphatic heterocycles. The molecule has 0 amide bonds. The predicted molar refractivity (Wildman–Crippen MR) is 72.1 cm³/mol. The van der Waals surface area contributed by atoms with Crippen LogP contribution in [0.15, 0.2) is 0 Å². The number of carbonyl (C=O) groups is 1. The largest absolute Gasteiger partial charge is 2.00 e. The van der Waals surface area contributed by atoms with E-state index in [1.807, 2.05) is 0 Å². The first kappa shape index (κ1) is 19.3. The minimum absolute atomic E-state index is 0. The van der Waals surface area contributed by atoms with Crippen LogP contribution in [0.25, 0.3) is 0 Å². The first-order chi connectivity index (χ1) is 7.27. The van der Waals surface area contributed by atoms with Crippen molar-refractivity contribution in [2.75, 3.05) is 0 Å². The first-order valence-electron chi connectivity index (χ1n) is 6.49. The molecule has 0 radical (unpaired) electrons. The Hall–Kier alpha value is 0.951. The molecule has 0 aliphatic rings. The Balaban J connectivity index is -0.000000327. The van der Waals surface area contributed by atoms with Gasteiger partial charge in [0.25, 0.3) is 0 Å². The third-order valence-electron chi connectivity index (χ3n) is 2.74. The molecule has 94 valence electrons. The minimum atomic E-state index is -0.658. The Bertz CT molecular complexity index is 158. The van der Waals surface area contributed by atoms with E-state index in [-0.39, 0.29) is 48.3 Å². The molecule has 1 N–H and O–H groups in total. The molecular formula is C13H28O2Sr. The number of hydrogen-bond acceptors (Lipinski definition) is 1. The van der Waals surface area contributed by atoms with Crippen molar-refractivity contribution in [1.82, 2.24) is 0 Å². The van der Waals surface area contributed by atoms with Gasteiger partial charge in [0.1, 0.15) is 0 Å². The number of rotatable bonds is 11. The fourth-order valence-electron chi connectivity index (χ4n) is 1.76. The van der Waals surface area contributed by atoms with Crippen molar-refractivity contribution in [1.29, 1.82) is 0 Å². The van der Waals surface area contributed by atoms with E-state index in [9.17, 15) is 4.79 Å². The standard InChI is InChI=1S/C13H26O2.Sr.2H/c1-2-3-4-5-6-7-8-9-10-11-12-13(14)15;;;/h2-12H2,1H3,(H,14,15);;;/q;+2;2*-1. The minimum Gasteiger partial charge on any atom is -1.00 e. The van der Waals surface area contributed by atoms with Crippen molar-refractivity contribution in [3.8, 4) is 0 Å². The molecule has 0 aromatic heterocycles. The van der Waals surface area contributed by atoms with E-state index in [0.717, 1.165) is 12.8 Å². The van der Waals surface area contributed by atoms with E-state index in [1.165, 1.54) is 51.4 Å². The molecule has 0 bridgehead atoms. The van der Waals surface area contributed by atoms with Gasteiger partial charge in [0.2, 0.25) is 0 Å². The van der Waals surface area contributed by atoms with Crippen LogP contribution in [0.1, 0.15) is 80.4 Å². The van der Waals surface area contributed by atoms with Gasteiger partial charge in [-0.3, -0.25) is 4.79 Å². The van der Waals surface area contributed by atoms with Gasteiger partial charge in [-0.25, -0.2) is 0 Å². The monoisotopic (exact) mass is 304 g/mol. The summed E-state index contributed by atoms with van der Waals surface area (Å²) in [6, 6.07) is 0. The topological polar surface area (TPSA) is 37.3 Å². The average molecular weight is 304 g/mol. The molecule has 2 nitrogen and oxygen atoms in total. The van der Waals surface area contributed by atoms with Crippen LogP contribution >= 0.6 is 0 Å². The summed E-state index contributed by atoms with van der Waals surface area (Å²) < 4.78 is 0. The summed E-state index contributed by atoms with van der Waals surface area (Å²) in [5.74, 6) is -0.658. The van der Waals surface area contributed by atoms with Gasteiger partial charge in [-0.05, 0) is 6.42 Å². The summed E-state index contributed by atoms with van der Waals surface area (Å²) in [7, 11) is 0. The Labute approximate surface area is 140 Å². The molecule has 0 aromatic carbocycles. The van der Waals surface area contributed by atoms with Crippen molar-refractivity contribution in [3.05, 3.63) is 0 Å². The van der Waals surface area contributed by atoms with Crippen LogP contribution in [0.2, 0.25) is 0 Å². The van der Waals surface area contributed by atoms with E-state index >= 15 is 0 Å². The van der Waals surface area contributed by atoms with Crippen LogP contribution in [-0.4, -0.2) is 56.6 Å². The van der Waals surface area contributed by atoms with Crippen molar-refractivity contribution in [2.24, 2.45) is 0 Å². The fraction of sp³-hybridized carbons (Fsp3) is 0.923. The Morgan fingerprint density at radius 3 is 1.62 bits per heavy atom. The van der Waals surface area contributed by atoms with Crippen LogP contribution in [-0.2, 0) is 4.79 Å². The molecule has 0 heterocycles. The summed E-state index contributed by atoms with van der Waals surface area (Å²) in [4.78, 5) is 10.2. The molecule has 16 heavy (non-hydrogen) atoms. The van der Waals surface area contributed by atoms with Crippen molar-refractivity contribution >= 4 is 51.5 Å². The summed E-state index contributed by atoms with van der Waals surface area (Å²) in [5, 5.41) is 8.44. The molecule has 0 rings (SSSR count). The normalized spacial score (nSPS) is 9.81. The summed E-state index contributed by atoms with van der Waals surface area (Å²) in [6.45, 7) is 2.24. The van der Waals surface area contributed by atoms with Gasteiger partial charge in [-0.1, -0.05) is 64.7 Å². The maximum atomic E-state index is 10.2. The van der Waals surface area contributed by atoms with Crippen LogP contribution < -0.4 is 0 Å². The summed E-state index contributed by atoms with van der Waals surface area (Å²) in [5.41, 5.74) is 0. The molecule has 0 saturated carbocycles. The second-order valence-electron chi connectivity index (χ2n) is 4.33. The Morgan fingerprint density at radius 2 is 1.25 bits per heavy atom. The van der Waals surface area contributed by atoms with E-state index in [0.29, 0.717) is 6.42 Å². The summed E-state index contributed by atoms with van der Waals surface area (Å²) >= 11 is 0. The van der Waals surface area contributed by atoms with Gasteiger partial charge in [0, 0.05) is 6.42 Å². The van der Waals surface area contributed by atoms with Crippen molar-refractivity contribution < 1.29 is 12.8 Å². The van der Waals surface area contributed by atoms with Crippen molar-refractivity contribution in [3.63, 3.8) is 0 Å². The Morgan fingerprint density at radius 1 is 0.875 bits per heavy atom. The molecule has 0 fully saturated rings. The van der Waals surface area contributed by atoms with Crippen LogP contribution in [0.5, 0.6) is 0 Å². The Kier molecular flexibility index (Phi) is 19.2. The zero-order valence-corrected chi connectivity index (χ0v) is 14.3. The molecule has 0 aliphatic carbocycles. The van der Waals surface area contributed by atoms with Gasteiger partial charge in [-0.2, -0.15) is 0 Å². The van der Waals surface area contributed by atoms with Gasteiger partial charge >= 0.3 is 51.5 Å². The molecular weight excluding hydrogens is 276 g/mol. The number of carboxylic acid groups (broad SMARTS) is 1. The predicted octanol–water partition coefficient (Wildman–Crippen LogP) is 4.23. The van der Waals surface area contributed by atoms with E-state index in [1.54, 1.807) is 0 Å². The van der Waals surface area contributed by atoms with Crippen LogP contribution in [0.4, 0.5) is 0 Å². The van der Waals surface area contributed by atoms with Crippen molar-refractivity contribution in [2.45, 2.75) is 77.6 Å². The number of unbranched alkanes of at least 4 members (excludes halogenated alkanes) is 9. The van der Waals surface area contributed by atoms with Gasteiger partial charge < -0.3 is 7.96 Å². The zero-order valence-electron chi connectivity index (χ0n) is 12.8. The van der Waals surface area contributed by atoms with E-state index < -0.39 is 5.97 Å². The fourth-order valence-corrected chi connectivity index (χ4v) is 1.76. The second kappa shape index (κ2) is 16.0. The number of carboxylic acids is 1. The maximum Gasteiger partial charge on any atom is 2.00 e. The smallest absolute Gasteiger partial charge is 1.00 e. The second-order valence-corrected chi connectivity index (χ2v) is 4.33. The third kappa shape index (κ3) is 17.3. The molecule has 0 unspecified atom stereocenters. The maximum absolute atomic E-state index is 10.2. The SMILES string of the molecule is CCCCCCCCCCCCC(=O)O.[H-].[H-].[Sr+2].